The summed E-state index contributed by atoms with van der Waals surface area (Å²) in [5, 5.41) is 31.4. The Balaban J connectivity index is 0.00000308. The topological polar surface area (TPSA) is 177 Å². The van der Waals surface area contributed by atoms with E-state index in [1.807, 2.05) is 0 Å². The quantitative estimate of drug-likeness (QED) is 0.108. The number of rotatable bonds is 9. The van der Waals surface area contributed by atoms with Crippen LogP contribution in [0.2, 0.25) is 0 Å². The molecule has 0 unspecified atom stereocenters. The number of anilines is 2. The molecule has 0 atom stereocenters. The zero-order chi connectivity index (χ0) is 28.5. The third kappa shape index (κ3) is 10.1. The summed E-state index contributed by atoms with van der Waals surface area (Å²) >= 11 is 0. The normalized spacial score (nSPS) is 11.0. The molecule has 4 aromatic rings. The molecular weight excluding hydrogens is 582 g/mol. The van der Waals surface area contributed by atoms with Crippen LogP contribution in [0.1, 0.15) is 5.56 Å². The number of amides is 2. The first-order chi connectivity index (χ1) is 19.2. The molecule has 12 nitrogen and oxygen atoms in total. The van der Waals surface area contributed by atoms with Crippen molar-refractivity contribution in [2.45, 2.75) is 11.5 Å². The summed E-state index contributed by atoms with van der Waals surface area (Å²) in [5.41, 5.74) is 2.69. The van der Waals surface area contributed by atoms with E-state index in [0.717, 1.165) is 12.1 Å². The summed E-state index contributed by atoms with van der Waals surface area (Å²) in [6, 6.07) is 24.0. The van der Waals surface area contributed by atoms with Crippen LogP contribution in [0.4, 0.5) is 38.9 Å². The molecule has 2 amide bonds. The van der Waals surface area contributed by atoms with Crippen LogP contribution in [-0.2, 0) is 16.7 Å². The summed E-state index contributed by atoms with van der Waals surface area (Å²) in [6.45, 7) is -0.412. The van der Waals surface area contributed by atoms with E-state index in [9.17, 15) is 22.9 Å². The predicted molar refractivity (Wildman–Crippen MR) is 146 cm³/mol. The molecule has 0 bridgehead atoms. The predicted octanol–water partition coefficient (Wildman–Crippen LogP) is 0.375. The maximum atomic E-state index is 12.7. The Morgan fingerprint density at radius 1 is 0.857 bits per heavy atom. The van der Waals surface area contributed by atoms with Gasteiger partial charge in [0.1, 0.15) is 15.9 Å². The van der Waals surface area contributed by atoms with E-state index in [0.29, 0.717) is 39.7 Å². The van der Waals surface area contributed by atoms with Crippen LogP contribution >= 0.6 is 0 Å². The molecule has 0 aliphatic rings. The van der Waals surface area contributed by atoms with Crippen LogP contribution < -0.4 is 74.5 Å². The molecule has 0 spiro atoms. The molecule has 4 aromatic carbocycles. The number of benzene rings is 4. The minimum absolute atomic E-state index is 0. The van der Waals surface area contributed by atoms with Crippen LogP contribution in [-0.4, -0.2) is 31.2 Å². The minimum atomic E-state index is -4.63. The van der Waals surface area contributed by atoms with Gasteiger partial charge in [0.05, 0.1) is 41.4 Å². The van der Waals surface area contributed by atoms with Crippen molar-refractivity contribution in [3.05, 3.63) is 96.6 Å². The number of carbonyl (C=O) groups is 1. The van der Waals surface area contributed by atoms with Gasteiger partial charge in [0, 0.05) is 17.3 Å². The van der Waals surface area contributed by atoms with Gasteiger partial charge in [-0.15, -0.1) is 6.07 Å². The summed E-state index contributed by atoms with van der Waals surface area (Å²) in [6.07, 6.45) is 0. The molecule has 0 radical (unpaired) electrons. The van der Waals surface area contributed by atoms with E-state index in [1.54, 1.807) is 42.5 Å². The Bertz CT molecular complexity index is 1690. The largest absolute Gasteiger partial charge is 1.00 e. The van der Waals surface area contributed by atoms with Crippen LogP contribution in [0.15, 0.2) is 110 Å². The molecule has 15 heteroatoms. The summed E-state index contributed by atoms with van der Waals surface area (Å²) < 4.78 is 39.0. The Hall–Kier alpha value is -2.98. The molecule has 0 aliphatic carbocycles. The van der Waals surface area contributed by atoms with Crippen molar-refractivity contribution in [1.29, 1.82) is 0 Å². The first-order valence-corrected chi connectivity index (χ1v) is 13.0. The number of urea groups is 1. The van der Waals surface area contributed by atoms with Crippen LogP contribution in [0.3, 0.4) is 0 Å². The number of hydrogen-bond donors (Lipinski definition) is 3. The Morgan fingerprint density at radius 2 is 1.45 bits per heavy atom. The number of ether oxygens (including phenoxy) is 1. The van der Waals surface area contributed by atoms with Crippen molar-refractivity contribution < 1.29 is 86.7 Å². The van der Waals surface area contributed by atoms with Gasteiger partial charge in [-0.05, 0) is 54.2 Å². The van der Waals surface area contributed by atoms with Gasteiger partial charge in [0.15, 0.2) is 0 Å². The van der Waals surface area contributed by atoms with Gasteiger partial charge in [0.2, 0.25) is 0 Å². The fraction of sp³-hybridized carbons (Fsp3) is 0.0741. The second kappa shape index (κ2) is 16.6. The van der Waals surface area contributed by atoms with E-state index in [2.05, 4.69) is 37.2 Å². The van der Waals surface area contributed by atoms with Crippen LogP contribution in [0, 0.1) is 6.07 Å². The average Bonchev–Trinajstić information content (AvgIpc) is 2.96. The second-order valence-corrected chi connectivity index (χ2v) is 9.46. The number of carbonyl (C=O) groups excluding carboxylic acids is 1. The molecule has 0 saturated heterocycles. The molecule has 0 heterocycles. The summed E-state index contributed by atoms with van der Waals surface area (Å²) in [7, 11) is -3.17. The van der Waals surface area contributed by atoms with Crippen molar-refractivity contribution in [1.82, 2.24) is 0 Å². The first-order valence-electron chi connectivity index (χ1n) is 11.6. The zero-order valence-corrected chi connectivity index (χ0v) is 27.8. The number of aliphatic hydroxyl groups excluding tert-OH is 1. The van der Waals surface area contributed by atoms with E-state index in [4.69, 9.17) is 4.74 Å². The van der Waals surface area contributed by atoms with E-state index >= 15 is 0 Å². The van der Waals surface area contributed by atoms with Gasteiger partial charge in [-0.3, -0.25) is 0 Å². The maximum Gasteiger partial charge on any atom is 1.00 e. The van der Waals surface area contributed by atoms with E-state index in [-0.39, 0.29) is 64.8 Å². The van der Waals surface area contributed by atoms with Crippen molar-refractivity contribution >= 4 is 50.3 Å². The van der Waals surface area contributed by atoms with E-state index < -0.39 is 27.7 Å². The molecule has 0 aromatic heterocycles. The Labute approximate surface area is 286 Å². The van der Waals surface area contributed by atoms with Crippen LogP contribution in [0.25, 0.3) is 0 Å². The number of methoxy groups -OCH3 is 1. The van der Waals surface area contributed by atoms with Gasteiger partial charge in [0.25, 0.3) is 0 Å². The molecular formula is C27H22N6Na2O6S. The minimum Gasteiger partial charge on any atom is -0.744 e. The second-order valence-electron chi connectivity index (χ2n) is 8.08. The number of azo groups is 2. The van der Waals surface area contributed by atoms with Crippen LogP contribution in [0.5, 0.6) is 5.75 Å². The zero-order valence-electron chi connectivity index (χ0n) is 23.0. The smallest absolute Gasteiger partial charge is 0.744 e. The monoisotopic (exact) mass is 604 g/mol. The average molecular weight is 605 g/mol. The number of nitrogens with one attached hydrogen (secondary N) is 2. The van der Waals surface area contributed by atoms with E-state index in [1.165, 1.54) is 37.4 Å². The standard InChI is InChI=1S/C27H23N6O6S.2Na/c1-39-26-16-22(33-30-19-6-3-2-4-7-19)11-13-25(26)29-27(35)28-24-12-10-21(14-18(24)17-34)32-31-20-8-5-9-23(15-20)40(36,37)38;;/h2-3,5-16,34H,17H2,1H3,(H2,28,29,35)(H,36,37,38);;/q-1;2*+1/p-1. The molecule has 0 fully saturated rings. The Morgan fingerprint density at radius 3 is 2.07 bits per heavy atom. The van der Waals surface area contributed by atoms with Crippen molar-refractivity contribution in [2.24, 2.45) is 20.5 Å². The van der Waals surface area contributed by atoms with Crippen molar-refractivity contribution in [3.63, 3.8) is 0 Å². The molecule has 0 saturated carbocycles. The Kier molecular flexibility index (Phi) is 13.9. The molecule has 0 aliphatic heterocycles. The maximum absolute atomic E-state index is 12.7. The van der Waals surface area contributed by atoms with Gasteiger partial charge in [-0.2, -0.15) is 39.6 Å². The van der Waals surface area contributed by atoms with Gasteiger partial charge >= 0.3 is 65.1 Å². The first kappa shape index (κ1) is 35.2. The fourth-order valence-electron chi connectivity index (χ4n) is 3.39. The number of aliphatic hydroxyl groups is 1. The molecule has 204 valence electrons. The third-order valence-corrected chi connectivity index (χ3v) is 6.13. The number of nitrogens with zero attached hydrogens (tertiary/aromatic N) is 4. The third-order valence-electron chi connectivity index (χ3n) is 5.30. The molecule has 3 N–H and O–H groups in total. The van der Waals surface area contributed by atoms with Crippen molar-refractivity contribution in [3.8, 4) is 5.75 Å². The van der Waals surface area contributed by atoms with Gasteiger partial charge < -0.3 is 25.0 Å². The SMILES string of the molecule is COc1cc(N=Nc2c[c-]ccc2)ccc1NC(=O)Nc1ccc(N=Nc2cccc(S(=O)(=O)[O-])c2)cc1CO.[Na+].[Na+]. The summed E-state index contributed by atoms with van der Waals surface area (Å²) in [5.74, 6) is 0.359. The van der Waals surface area contributed by atoms with Gasteiger partial charge in [-0.25, -0.2) is 18.3 Å². The fourth-order valence-corrected chi connectivity index (χ4v) is 3.90. The summed E-state index contributed by atoms with van der Waals surface area (Å²) in [4.78, 5) is 12.3. The van der Waals surface area contributed by atoms with Crippen molar-refractivity contribution in [2.75, 3.05) is 17.7 Å². The van der Waals surface area contributed by atoms with Gasteiger partial charge in [-0.1, -0.05) is 6.07 Å². The molecule has 4 rings (SSSR count). The number of hydrogen-bond acceptors (Lipinski definition) is 10. The molecule has 42 heavy (non-hydrogen) atoms.